The van der Waals surface area contributed by atoms with Crippen LogP contribution in [0.15, 0.2) is 52.3 Å². The summed E-state index contributed by atoms with van der Waals surface area (Å²) in [6.45, 7) is 0. The highest BCUT2D eigenvalue weighted by Crippen LogP contribution is 2.25. The normalized spacial score (nSPS) is 16.1. The largest absolute Gasteiger partial charge is 0.286 e. The fourth-order valence-corrected chi connectivity index (χ4v) is 3.33. The molecule has 3 aromatic rings. The number of benzene rings is 1. The van der Waals surface area contributed by atoms with Gasteiger partial charge >= 0.3 is 0 Å². The van der Waals surface area contributed by atoms with Crippen molar-refractivity contribution in [2.45, 2.75) is 18.9 Å². The molecular formula is C17H13N3OS. The van der Waals surface area contributed by atoms with Crippen molar-refractivity contribution in [3.05, 3.63) is 58.5 Å². The quantitative estimate of drug-likeness (QED) is 0.744. The molecule has 1 aliphatic heterocycles. The average Bonchev–Trinajstić information content (AvgIpc) is 3.38. The van der Waals surface area contributed by atoms with E-state index in [4.69, 9.17) is 0 Å². The number of aromatic nitrogens is 2. The summed E-state index contributed by atoms with van der Waals surface area (Å²) in [5, 5.41) is 1.34. The number of hydrogen-bond donors (Lipinski definition) is 0. The van der Waals surface area contributed by atoms with Crippen LogP contribution in [0.5, 0.6) is 0 Å². The van der Waals surface area contributed by atoms with Crippen LogP contribution in [0, 0.1) is 0 Å². The van der Waals surface area contributed by atoms with Crippen molar-refractivity contribution in [3.8, 4) is 10.7 Å². The number of rotatable bonds is 4. The Morgan fingerprint density at radius 3 is 2.77 bits per heavy atom. The van der Waals surface area contributed by atoms with Crippen LogP contribution in [-0.4, -0.2) is 22.2 Å². The van der Waals surface area contributed by atoms with Crippen molar-refractivity contribution in [1.29, 1.82) is 0 Å². The topological polar surface area (TPSA) is 55.2 Å². The molecule has 4 rings (SSSR count). The van der Waals surface area contributed by atoms with E-state index in [0.29, 0.717) is 16.4 Å². The summed E-state index contributed by atoms with van der Waals surface area (Å²) < 4.78 is 0.941. The van der Waals surface area contributed by atoms with E-state index in [-0.39, 0.29) is 5.56 Å². The van der Waals surface area contributed by atoms with E-state index < -0.39 is 0 Å². The zero-order chi connectivity index (χ0) is 14.9. The molecule has 0 saturated heterocycles. The lowest BCUT2D eigenvalue weighted by molar-refractivity contribution is 0.804. The summed E-state index contributed by atoms with van der Waals surface area (Å²) in [5.74, 6) is 0. The van der Waals surface area contributed by atoms with Crippen molar-refractivity contribution in [2.24, 2.45) is 4.99 Å². The molecule has 2 aromatic heterocycles. The standard InChI is InChI=1S/C17H13N3OS/c21-16-13-5-1-2-7-15(13)22-17(20-16)14-6-3-4-11(19-14)8-9-12-10-18-12/h1-7,10,12H,8-9H2. The fourth-order valence-electron chi connectivity index (χ4n) is 2.36. The molecule has 0 amide bonds. The van der Waals surface area contributed by atoms with Crippen molar-refractivity contribution in [2.75, 3.05) is 0 Å². The third-order valence-electron chi connectivity index (χ3n) is 3.61. The van der Waals surface area contributed by atoms with Crippen molar-refractivity contribution < 1.29 is 0 Å². The van der Waals surface area contributed by atoms with Crippen LogP contribution in [0.4, 0.5) is 0 Å². The molecule has 108 valence electrons. The number of aliphatic imine (C=N–C) groups is 1. The Morgan fingerprint density at radius 1 is 1.05 bits per heavy atom. The van der Waals surface area contributed by atoms with Crippen molar-refractivity contribution >= 4 is 27.6 Å². The SMILES string of the molecule is O=c1nc(-c2cccc(CCC3C=N3)n2)sc2ccccc12. The second kappa shape index (κ2) is 5.42. The van der Waals surface area contributed by atoms with Crippen LogP contribution in [-0.2, 0) is 6.42 Å². The highest BCUT2D eigenvalue weighted by atomic mass is 32.1. The zero-order valence-corrected chi connectivity index (χ0v) is 12.6. The van der Waals surface area contributed by atoms with E-state index in [2.05, 4.69) is 15.0 Å². The Labute approximate surface area is 131 Å². The Kier molecular flexibility index (Phi) is 3.27. The number of nitrogens with zero attached hydrogens (tertiary/aromatic N) is 3. The summed E-state index contributed by atoms with van der Waals surface area (Å²) in [4.78, 5) is 25.1. The van der Waals surface area contributed by atoms with E-state index in [1.165, 1.54) is 11.3 Å². The second-order valence-electron chi connectivity index (χ2n) is 5.24. The first-order chi connectivity index (χ1) is 10.8. The summed E-state index contributed by atoms with van der Waals surface area (Å²) in [5.41, 5.74) is 1.59. The summed E-state index contributed by atoms with van der Waals surface area (Å²) in [7, 11) is 0. The van der Waals surface area contributed by atoms with Gasteiger partial charge in [0.2, 0.25) is 0 Å². The van der Waals surface area contributed by atoms with Crippen molar-refractivity contribution in [3.63, 3.8) is 0 Å². The predicted molar refractivity (Wildman–Crippen MR) is 89.7 cm³/mol. The predicted octanol–water partition coefficient (Wildman–Crippen LogP) is 3.10. The van der Waals surface area contributed by atoms with Crippen LogP contribution in [0.25, 0.3) is 20.8 Å². The molecular weight excluding hydrogens is 294 g/mol. The Hall–Kier alpha value is -2.40. The van der Waals surface area contributed by atoms with E-state index in [1.54, 1.807) is 0 Å². The van der Waals surface area contributed by atoms with Crippen LogP contribution < -0.4 is 5.56 Å². The summed E-state index contributed by atoms with van der Waals surface area (Å²) in [6.07, 6.45) is 3.85. The van der Waals surface area contributed by atoms with Gasteiger partial charge in [0.15, 0.2) is 0 Å². The monoisotopic (exact) mass is 307 g/mol. The first-order valence-corrected chi connectivity index (χ1v) is 8.01. The molecule has 0 N–H and O–H groups in total. The van der Waals surface area contributed by atoms with Crippen LogP contribution in [0.3, 0.4) is 0 Å². The molecule has 1 aliphatic rings. The molecule has 0 spiro atoms. The van der Waals surface area contributed by atoms with E-state index in [1.807, 2.05) is 48.7 Å². The average molecular weight is 307 g/mol. The molecule has 1 unspecified atom stereocenters. The molecule has 0 aliphatic carbocycles. The number of hydrogen-bond acceptors (Lipinski definition) is 5. The lowest BCUT2D eigenvalue weighted by atomic mass is 10.1. The van der Waals surface area contributed by atoms with E-state index in [0.717, 1.165) is 28.9 Å². The fraction of sp³-hybridized carbons (Fsp3) is 0.176. The lowest BCUT2D eigenvalue weighted by Crippen LogP contribution is -2.06. The third kappa shape index (κ3) is 2.67. The molecule has 0 radical (unpaired) electrons. The molecule has 1 aromatic carbocycles. The van der Waals surface area contributed by atoms with Gasteiger partial charge in [0.1, 0.15) is 5.01 Å². The maximum atomic E-state index is 12.1. The first-order valence-electron chi connectivity index (χ1n) is 7.19. The van der Waals surface area contributed by atoms with Gasteiger partial charge in [0.25, 0.3) is 5.56 Å². The number of pyridine rings is 1. The van der Waals surface area contributed by atoms with Gasteiger partial charge in [-0.3, -0.25) is 14.8 Å². The van der Waals surface area contributed by atoms with Crippen molar-refractivity contribution in [1.82, 2.24) is 9.97 Å². The minimum Gasteiger partial charge on any atom is -0.286 e. The Balaban J connectivity index is 1.71. The lowest BCUT2D eigenvalue weighted by Gasteiger charge is -2.04. The number of aryl methyl sites for hydroxylation is 1. The Bertz CT molecular complexity index is 926. The molecule has 0 bridgehead atoms. The summed E-state index contributed by atoms with van der Waals surface area (Å²) in [6, 6.07) is 13.8. The van der Waals surface area contributed by atoms with Gasteiger partial charge in [-0.2, -0.15) is 4.98 Å². The van der Waals surface area contributed by atoms with Gasteiger partial charge in [0, 0.05) is 16.6 Å². The van der Waals surface area contributed by atoms with Gasteiger partial charge < -0.3 is 0 Å². The van der Waals surface area contributed by atoms with Crippen LogP contribution in [0.1, 0.15) is 12.1 Å². The molecule has 4 nitrogen and oxygen atoms in total. The maximum absolute atomic E-state index is 12.1. The molecule has 0 fully saturated rings. The van der Waals surface area contributed by atoms with E-state index >= 15 is 0 Å². The second-order valence-corrected chi connectivity index (χ2v) is 6.27. The minimum absolute atomic E-state index is 0.192. The van der Waals surface area contributed by atoms with Gasteiger partial charge in [-0.15, -0.1) is 11.3 Å². The molecule has 22 heavy (non-hydrogen) atoms. The van der Waals surface area contributed by atoms with Gasteiger partial charge in [-0.05, 0) is 37.1 Å². The van der Waals surface area contributed by atoms with E-state index in [9.17, 15) is 4.79 Å². The Morgan fingerprint density at radius 2 is 1.91 bits per heavy atom. The molecule has 0 saturated carbocycles. The molecule has 1 atom stereocenters. The smallest absolute Gasteiger partial charge is 0.279 e. The zero-order valence-electron chi connectivity index (χ0n) is 11.8. The molecule has 5 heteroatoms. The number of fused-ring (bicyclic) bond motifs is 1. The summed E-state index contributed by atoms with van der Waals surface area (Å²) >= 11 is 1.50. The highest BCUT2D eigenvalue weighted by molar-refractivity contribution is 7.21. The van der Waals surface area contributed by atoms with Gasteiger partial charge in [0.05, 0.1) is 17.1 Å². The van der Waals surface area contributed by atoms with Crippen LogP contribution >= 0.6 is 11.3 Å². The maximum Gasteiger partial charge on any atom is 0.279 e. The van der Waals surface area contributed by atoms with Gasteiger partial charge in [-0.25, -0.2) is 0 Å². The molecule has 3 heterocycles. The van der Waals surface area contributed by atoms with Gasteiger partial charge in [-0.1, -0.05) is 18.2 Å². The highest BCUT2D eigenvalue weighted by Gasteiger charge is 2.13. The third-order valence-corrected chi connectivity index (χ3v) is 4.68. The van der Waals surface area contributed by atoms with Crippen LogP contribution in [0.2, 0.25) is 0 Å². The first kappa shape index (κ1) is 13.3. The minimum atomic E-state index is -0.192.